The molecule has 0 unspecified atom stereocenters. The summed E-state index contributed by atoms with van der Waals surface area (Å²) in [5.74, 6) is 0.370. The molecule has 0 aliphatic carbocycles. The van der Waals surface area contributed by atoms with Crippen LogP contribution in [0.2, 0.25) is 20.4 Å². The molecule has 18 heavy (non-hydrogen) atoms. The maximum Gasteiger partial charge on any atom is 0.164 e. The van der Waals surface area contributed by atoms with Gasteiger partial charge in [0, 0.05) is 16.1 Å². The second-order valence-electron chi connectivity index (χ2n) is 3.59. The van der Waals surface area contributed by atoms with Crippen molar-refractivity contribution in [2.24, 2.45) is 0 Å². The average Bonchev–Trinajstić information content (AvgIpc) is 2.32. The van der Waals surface area contributed by atoms with Gasteiger partial charge in [-0.1, -0.05) is 53.3 Å². The molecule has 0 bridgehead atoms. The second-order valence-corrected chi connectivity index (χ2v) is 5.14. The van der Waals surface area contributed by atoms with E-state index in [9.17, 15) is 0 Å². The molecule has 0 atom stereocenters. The normalized spacial score (nSPS) is 10.7. The Morgan fingerprint density at radius 3 is 2.17 bits per heavy atom. The highest BCUT2D eigenvalue weighted by molar-refractivity contribution is 6.36. The number of halogens is 4. The average molecular weight is 322 g/mol. The Morgan fingerprint density at radius 2 is 1.61 bits per heavy atom. The monoisotopic (exact) mass is 320 g/mol. The van der Waals surface area contributed by atoms with E-state index in [1.807, 2.05) is 6.92 Å². The summed E-state index contributed by atoms with van der Waals surface area (Å²) in [6.45, 7) is 1.93. The van der Waals surface area contributed by atoms with Crippen LogP contribution in [0.5, 0.6) is 0 Å². The summed E-state index contributed by atoms with van der Waals surface area (Å²) in [7, 11) is 0. The molecule has 0 N–H and O–H groups in total. The van der Waals surface area contributed by atoms with Crippen molar-refractivity contribution in [3.05, 3.63) is 44.1 Å². The summed E-state index contributed by atoms with van der Waals surface area (Å²) in [6, 6.07) is 5.05. The third-order valence-electron chi connectivity index (χ3n) is 2.43. The molecule has 2 rings (SSSR count). The van der Waals surface area contributed by atoms with Crippen LogP contribution in [0.4, 0.5) is 0 Å². The van der Waals surface area contributed by atoms with E-state index in [0.717, 1.165) is 5.56 Å². The lowest BCUT2D eigenvalue weighted by Crippen LogP contribution is -1.97. The van der Waals surface area contributed by atoms with Crippen LogP contribution in [0.25, 0.3) is 11.4 Å². The van der Waals surface area contributed by atoms with Gasteiger partial charge in [0.15, 0.2) is 5.82 Å². The fourth-order valence-electron chi connectivity index (χ4n) is 1.51. The predicted octanol–water partition coefficient (Wildman–Crippen LogP) is 5.32. The van der Waals surface area contributed by atoms with E-state index in [-0.39, 0.29) is 0 Å². The third kappa shape index (κ3) is 2.72. The van der Waals surface area contributed by atoms with Crippen LogP contribution in [0.15, 0.2) is 18.2 Å². The van der Waals surface area contributed by atoms with Crippen molar-refractivity contribution in [1.82, 2.24) is 9.97 Å². The van der Waals surface area contributed by atoms with Crippen molar-refractivity contribution in [2.45, 2.75) is 13.3 Å². The van der Waals surface area contributed by atoms with Gasteiger partial charge in [0.05, 0.1) is 5.02 Å². The molecule has 2 aromatic rings. The quantitative estimate of drug-likeness (QED) is 0.699. The Morgan fingerprint density at radius 1 is 1.00 bits per heavy atom. The van der Waals surface area contributed by atoms with Crippen molar-refractivity contribution in [3.63, 3.8) is 0 Å². The number of rotatable bonds is 2. The van der Waals surface area contributed by atoms with Crippen LogP contribution < -0.4 is 0 Å². The molecule has 1 aromatic carbocycles. The highest BCUT2D eigenvalue weighted by Gasteiger charge is 2.13. The molecule has 0 radical (unpaired) electrons. The van der Waals surface area contributed by atoms with Crippen molar-refractivity contribution < 1.29 is 0 Å². The molecule has 0 aliphatic heterocycles. The summed E-state index contributed by atoms with van der Waals surface area (Å²) < 4.78 is 0. The van der Waals surface area contributed by atoms with E-state index in [1.54, 1.807) is 18.2 Å². The van der Waals surface area contributed by atoms with Crippen LogP contribution in [0.3, 0.4) is 0 Å². The third-order valence-corrected chi connectivity index (χ3v) is 3.62. The molecular formula is C12H8Cl4N2. The van der Waals surface area contributed by atoms with E-state index < -0.39 is 0 Å². The summed E-state index contributed by atoms with van der Waals surface area (Å²) >= 11 is 24.1. The number of aromatic nitrogens is 2. The first-order valence-corrected chi connectivity index (χ1v) is 6.71. The van der Waals surface area contributed by atoms with Crippen LogP contribution in [0, 0.1) is 0 Å². The lowest BCUT2D eigenvalue weighted by atomic mass is 10.2. The van der Waals surface area contributed by atoms with Crippen LogP contribution in [-0.2, 0) is 6.42 Å². The molecule has 0 spiro atoms. The van der Waals surface area contributed by atoms with Crippen molar-refractivity contribution >= 4 is 46.4 Å². The van der Waals surface area contributed by atoms with Crippen molar-refractivity contribution in [3.8, 4) is 11.4 Å². The molecule has 0 saturated heterocycles. The smallest absolute Gasteiger partial charge is 0.164 e. The van der Waals surface area contributed by atoms with Gasteiger partial charge in [-0.15, -0.1) is 0 Å². The van der Waals surface area contributed by atoms with E-state index in [4.69, 9.17) is 46.4 Å². The van der Waals surface area contributed by atoms with Crippen molar-refractivity contribution in [1.29, 1.82) is 0 Å². The molecule has 1 heterocycles. The Labute approximate surface area is 125 Å². The first-order valence-electron chi connectivity index (χ1n) is 5.20. The molecule has 1 aromatic heterocycles. The molecule has 0 amide bonds. The van der Waals surface area contributed by atoms with Gasteiger partial charge in [-0.3, -0.25) is 0 Å². The Balaban J connectivity index is 2.61. The number of hydrogen-bond acceptors (Lipinski definition) is 2. The maximum atomic E-state index is 6.08. The fourth-order valence-corrected chi connectivity index (χ4v) is 2.54. The highest BCUT2D eigenvalue weighted by atomic mass is 35.5. The molecule has 0 aliphatic rings. The lowest BCUT2D eigenvalue weighted by molar-refractivity contribution is 1.05. The summed E-state index contributed by atoms with van der Waals surface area (Å²) in [4.78, 5) is 8.41. The van der Waals surface area contributed by atoms with E-state index in [1.165, 1.54) is 0 Å². The SMILES string of the molecule is CCc1c(Cl)nc(-c2cc(Cl)ccc2Cl)nc1Cl. The molecular weight excluding hydrogens is 314 g/mol. The van der Waals surface area contributed by atoms with E-state index in [2.05, 4.69) is 9.97 Å². The van der Waals surface area contributed by atoms with Crippen LogP contribution in [-0.4, -0.2) is 9.97 Å². The van der Waals surface area contributed by atoms with Gasteiger partial charge >= 0.3 is 0 Å². The van der Waals surface area contributed by atoms with Gasteiger partial charge in [-0.05, 0) is 24.6 Å². The first-order chi connectivity index (χ1) is 8.52. The minimum atomic E-state index is 0.337. The van der Waals surface area contributed by atoms with Crippen molar-refractivity contribution in [2.75, 3.05) is 0 Å². The van der Waals surface area contributed by atoms with Gasteiger partial charge in [-0.2, -0.15) is 0 Å². The number of hydrogen-bond donors (Lipinski definition) is 0. The number of benzene rings is 1. The zero-order valence-corrected chi connectivity index (χ0v) is 12.4. The summed E-state index contributed by atoms with van der Waals surface area (Å²) in [5.41, 5.74) is 1.33. The fraction of sp³-hybridized carbons (Fsp3) is 0.167. The van der Waals surface area contributed by atoms with Gasteiger partial charge in [0.1, 0.15) is 10.3 Å². The second kappa shape index (κ2) is 5.62. The molecule has 0 fully saturated rings. The minimum Gasteiger partial charge on any atom is -0.216 e. The Hall–Kier alpha value is -0.540. The lowest BCUT2D eigenvalue weighted by Gasteiger charge is -2.08. The molecule has 6 heteroatoms. The van der Waals surface area contributed by atoms with E-state index in [0.29, 0.717) is 38.2 Å². The van der Waals surface area contributed by atoms with Crippen LogP contribution >= 0.6 is 46.4 Å². The zero-order valence-electron chi connectivity index (χ0n) is 9.35. The topological polar surface area (TPSA) is 25.8 Å². The minimum absolute atomic E-state index is 0.337. The molecule has 94 valence electrons. The largest absolute Gasteiger partial charge is 0.216 e. The predicted molar refractivity (Wildman–Crippen MR) is 76.9 cm³/mol. The standard InChI is InChI=1S/C12H8Cl4N2/c1-2-7-10(15)17-12(18-11(7)16)8-5-6(13)3-4-9(8)14/h3-5H,2H2,1H3. The van der Waals surface area contributed by atoms with Gasteiger partial charge in [0.25, 0.3) is 0 Å². The highest BCUT2D eigenvalue weighted by Crippen LogP contribution is 2.31. The van der Waals surface area contributed by atoms with Gasteiger partial charge in [0.2, 0.25) is 0 Å². The Bertz CT molecular complexity index is 576. The van der Waals surface area contributed by atoms with E-state index >= 15 is 0 Å². The molecule has 0 saturated carbocycles. The Kier molecular flexibility index (Phi) is 4.33. The summed E-state index contributed by atoms with van der Waals surface area (Å²) in [5, 5.41) is 1.72. The van der Waals surface area contributed by atoms with Gasteiger partial charge in [-0.25, -0.2) is 9.97 Å². The zero-order chi connectivity index (χ0) is 13.3. The molecule has 2 nitrogen and oxygen atoms in total. The van der Waals surface area contributed by atoms with Crippen LogP contribution in [0.1, 0.15) is 12.5 Å². The number of nitrogens with zero attached hydrogens (tertiary/aromatic N) is 2. The maximum absolute atomic E-state index is 6.08. The van der Waals surface area contributed by atoms with Gasteiger partial charge < -0.3 is 0 Å². The first kappa shape index (κ1) is 13.9. The summed E-state index contributed by atoms with van der Waals surface area (Å²) in [6.07, 6.45) is 0.668.